The molecule has 0 unspecified atom stereocenters. The molecule has 0 heterocycles. The van der Waals surface area contributed by atoms with Crippen molar-refractivity contribution in [3.8, 4) is 11.5 Å². The molecule has 0 saturated heterocycles. The van der Waals surface area contributed by atoms with Crippen LogP contribution in [0.2, 0.25) is 0 Å². The molecule has 0 aromatic heterocycles. The molecule has 0 aliphatic carbocycles. The molecule has 3 nitrogen and oxygen atoms in total. The van der Waals surface area contributed by atoms with Crippen molar-refractivity contribution in [1.29, 1.82) is 5.41 Å². The van der Waals surface area contributed by atoms with E-state index in [4.69, 9.17) is 15.9 Å². The van der Waals surface area contributed by atoms with Gasteiger partial charge in [-0.15, -0.1) is 0 Å². The topological polar surface area (TPSA) is 59.1 Å². The summed E-state index contributed by atoms with van der Waals surface area (Å²) in [6.45, 7) is 1.97. The minimum atomic E-state index is -0.448. The van der Waals surface area contributed by atoms with Crippen molar-refractivity contribution in [2.45, 2.75) is 6.92 Å². The fourth-order valence-corrected chi connectivity index (χ4v) is 1.53. The molecular weight excluding hydrogens is 231 g/mol. The quantitative estimate of drug-likeness (QED) is 0.643. The Morgan fingerprint density at radius 3 is 2.44 bits per heavy atom. The number of hydrogen-bond donors (Lipinski definition) is 2. The highest BCUT2D eigenvalue weighted by Crippen LogP contribution is 2.26. The van der Waals surface area contributed by atoms with Crippen LogP contribution >= 0.6 is 0 Å². The first-order valence-corrected chi connectivity index (χ1v) is 5.45. The largest absolute Gasteiger partial charge is 0.457 e. The first kappa shape index (κ1) is 12.1. The lowest BCUT2D eigenvalue weighted by molar-refractivity contribution is 0.479. The van der Waals surface area contributed by atoms with E-state index in [1.54, 1.807) is 0 Å². The molecule has 0 fully saturated rings. The fourth-order valence-electron chi connectivity index (χ4n) is 1.53. The molecular formula is C14H13FN2O. The van der Waals surface area contributed by atoms with E-state index < -0.39 is 5.82 Å². The molecule has 2 aromatic rings. The van der Waals surface area contributed by atoms with Gasteiger partial charge in [0.2, 0.25) is 0 Å². The highest BCUT2D eigenvalue weighted by atomic mass is 19.1. The molecule has 0 aliphatic rings. The second kappa shape index (κ2) is 4.87. The Hall–Kier alpha value is -2.36. The number of amidine groups is 1. The second-order valence-electron chi connectivity index (χ2n) is 3.97. The van der Waals surface area contributed by atoms with Crippen molar-refractivity contribution in [3.63, 3.8) is 0 Å². The molecule has 3 N–H and O–H groups in total. The summed E-state index contributed by atoms with van der Waals surface area (Å²) in [4.78, 5) is 0. The number of rotatable bonds is 3. The standard InChI is InChI=1S/C14H13FN2O/c1-9-2-5-11(6-3-9)18-13-7-4-10(15)8-12(13)14(16)17/h2-8H,1H3,(H3,16,17). The maximum atomic E-state index is 13.1. The number of nitrogens with one attached hydrogen (secondary N) is 1. The first-order valence-electron chi connectivity index (χ1n) is 5.45. The van der Waals surface area contributed by atoms with E-state index in [9.17, 15) is 4.39 Å². The monoisotopic (exact) mass is 244 g/mol. The maximum absolute atomic E-state index is 13.1. The van der Waals surface area contributed by atoms with Gasteiger partial charge in [-0.25, -0.2) is 4.39 Å². The van der Waals surface area contributed by atoms with Gasteiger partial charge in [0.25, 0.3) is 0 Å². The molecule has 92 valence electrons. The molecule has 0 spiro atoms. The van der Waals surface area contributed by atoms with Crippen LogP contribution in [0.15, 0.2) is 42.5 Å². The van der Waals surface area contributed by atoms with Gasteiger partial charge >= 0.3 is 0 Å². The van der Waals surface area contributed by atoms with Gasteiger partial charge in [-0.05, 0) is 37.3 Å². The summed E-state index contributed by atoms with van der Waals surface area (Å²) in [6.07, 6.45) is 0. The molecule has 0 atom stereocenters. The minimum Gasteiger partial charge on any atom is -0.457 e. The van der Waals surface area contributed by atoms with Crippen molar-refractivity contribution in [2.75, 3.05) is 0 Å². The maximum Gasteiger partial charge on any atom is 0.138 e. The third kappa shape index (κ3) is 2.66. The van der Waals surface area contributed by atoms with Gasteiger partial charge in [-0.3, -0.25) is 5.41 Å². The van der Waals surface area contributed by atoms with Crippen LogP contribution in [0.4, 0.5) is 4.39 Å². The molecule has 4 heteroatoms. The lowest BCUT2D eigenvalue weighted by Gasteiger charge is -2.10. The highest BCUT2D eigenvalue weighted by Gasteiger charge is 2.09. The van der Waals surface area contributed by atoms with Crippen LogP contribution in [-0.4, -0.2) is 5.84 Å². The van der Waals surface area contributed by atoms with Gasteiger partial charge in [0.1, 0.15) is 23.2 Å². The Morgan fingerprint density at radius 1 is 1.17 bits per heavy atom. The zero-order chi connectivity index (χ0) is 13.1. The number of ether oxygens (including phenoxy) is 1. The zero-order valence-electron chi connectivity index (χ0n) is 9.91. The van der Waals surface area contributed by atoms with Gasteiger partial charge in [-0.2, -0.15) is 0 Å². The van der Waals surface area contributed by atoms with E-state index in [0.717, 1.165) is 5.56 Å². The van der Waals surface area contributed by atoms with E-state index in [-0.39, 0.29) is 11.4 Å². The summed E-state index contributed by atoms with van der Waals surface area (Å²) in [7, 11) is 0. The SMILES string of the molecule is Cc1ccc(Oc2ccc(F)cc2C(=N)N)cc1. The van der Waals surface area contributed by atoms with Gasteiger partial charge in [0.15, 0.2) is 0 Å². The van der Waals surface area contributed by atoms with Gasteiger partial charge in [0, 0.05) is 0 Å². The molecule has 2 aromatic carbocycles. The number of halogens is 1. The second-order valence-corrected chi connectivity index (χ2v) is 3.97. The summed E-state index contributed by atoms with van der Waals surface area (Å²) in [5.74, 6) is 0.315. The van der Waals surface area contributed by atoms with Crippen LogP contribution in [0.1, 0.15) is 11.1 Å². The predicted octanol–water partition coefficient (Wildman–Crippen LogP) is 3.21. The van der Waals surface area contributed by atoms with E-state index in [0.29, 0.717) is 11.5 Å². The lowest BCUT2D eigenvalue weighted by Crippen LogP contribution is -2.12. The molecule has 0 saturated carbocycles. The lowest BCUT2D eigenvalue weighted by atomic mass is 10.1. The molecule has 0 bridgehead atoms. The Balaban J connectivity index is 2.34. The van der Waals surface area contributed by atoms with Gasteiger partial charge < -0.3 is 10.5 Å². The molecule has 0 aliphatic heterocycles. The summed E-state index contributed by atoms with van der Waals surface area (Å²) in [5, 5.41) is 7.40. The highest BCUT2D eigenvalue weighted by molar-refractivity contribution is 5.97. The molecule has 0 amide bonds. The Morgan fingerprint density at radius 2 is 1.83 bits per heavy atom. The van der Waals surface area contributed by atoms with E-state index in [1.165, 1.54) is 18.2 Å². The number of hydrogen-bond acceptors (Lipinski definition) is 2. The number of nitrogens with two attached hydrogens (primary N) is 1. The van der Waals surface area contributed by atoms with Crippen molar-refractivity contribution in [3.05, 3.63) is 59.4 Å². The van der Waals surface area contributed by atoms with Gasteiger partial charge in [0.05, 0.1) is 5.56 Å². The molecule has 18 heavy (non-hydrogen) atoms. The number of nitrogen functional groups attached to an aromatic ring is 1. The van der Waals surface area contributed by atoms with Crippen molar-refractivity contribution in [2.24, 2.45) is 5.73 Å². The van der Waals surface area contributed by atoms with Crippen molar-refractivity contribution >= 4 is 5.84 Å². The van der Waals surface area contributed by atoms with Crippen molar-refractivity contribution < 1.29 is 9.13 Å². The van der Waals surface area contributed by atoms with Crippen LogP contribution in [0.3, 0.4) is 0 Å². The summed E-state index contributed by atoms with van der Waals surface area (Å²) < 4.78 is 18.7. The third-order valence-corrected chi connectivity index (χ3v) is 2.48. The van der Waals surface area contributed by atoms with Gasteiger partial charge in [-0.1, -0.05) is 17.7 Å². The van der Waals surface area contributed by atoms with E-state index in [2.05, 4.69) is 0 Å². The van der Waals surface area contributed by atoms with Crippen LogP contribution < -0.4 is 10.5 Å². The Labute approximate surface area is 105 Å². The summed E-state index contributed by atoms with van der Waals surface area (Å²) in [6, 6.07) is 11.4. The van der Waals surface area contributed by atoms with Crippen LogP contribution in [0.25, 0.3) is 0 Å². The fraction of sp³-hybridized carbons (Fsp3) is 0.0714. The summed E-state index contributed by atoms with van der Waals surface area (Å²) in [5.41, 5.74) is 6.76. The van der Waals surface area contributed by atoms with E-state index >= 15 is 0 Å². The number of aryl methyl sites for hydroxylation is 1. The Kier molecular flexibility index (Phi) is 3.28. The first-order chi connectivity index (χ1) is 8.56. The van der Waals surface area contributed by atoms with Crippen LogP contribution in [-0.2, 0) is 0 Å². The average Bonchev–Trinajstić information content (AvgIpc) is 2.34. The van der Waals surface area contributed by atoms with Crippen LogP contribution in [0.5, 0.6) is 11.5 Å². The average molecular weight is 244 g/mol. The van der Waals surface area contributed by atoms with Crippen LogP contribution in [0, 0.1) is 18.2 Å². The third-order valence-electron chi connectivity index (χ3n) is 2.48. The normalized spacial score (nSPS) is 10.1. The van der Waals surface area contributed by atoms with E-state index in [1.807, 2.05) is 31.2 Å². The molecule has 2 rings (SSSR count). The minimum absolute atomic E-state index is 0.225. The zero-order valence-corrected chi connectivity index (χ0v) is 9.91. The molecule has 0 radical (unpaired) electrons. The number of benzene rings is 2. The van der Waals surface area contributed by atoms with Crippen molar-refractivity contribution in [1.82, 2.24) is 0 Å². The smallest absolute Gasteiger partial charge is 0.138 e. The predicted molar refractivity (Wildman–Crippen MR) is 68.7 cm³/mol. The Bertz CT molecular complexity index is 579. The summed E-state index contributed by atoms with van der Waals surface area (Å²) >= 11 is 0.